The number of aliphatic imine (C=N–C) groups is 1. The summed E-state index contributed by atoms with van der Waals surface area (Å²) in [5.41, 5.74) is 1.05. The maximum atomic E-state index is 12.3. The Morgan fingerprint density at radius 1 is 1.09 bits per heavy atom. The zero-order valence-electron chi connectivity index (χ0n) is 11.9. The summed E-state index contributed by atoms with van der Waals surface area (Å²) in [4.78, 5) is 28.1. The second-order valence-corrected chi connectivity index (χ2v) is 4.71. The van der Waals surface area contributed by atoms with Gasteiger partial charge in [-0.2, -0.15) is 4.99 Å². The molecule has 1 aliphatic heterocycles. The molecule has 5 nitrogen and oxygen atoms in total. The van der Waals surface area contributed by atoms with Crippen molar-refractivity contribution in [2.45, 2.75) is 6.10 Å². The van der Waals surface area contributed by atoms with Gasteiger partial charge in [0.25, 0.3) is 5.91 Å². The molecule has 0 aliphatic carbocycles. The summed E-state index contributed by atoms with van der Waals surface area (Å²) in [5, 5.41) is 0. The van der Waals surface area contributed by atoms with Crippen LogP contribution in [-0.2, 0) is 9.53 Å². The molecule has 0 bridgehead atoms. The molecule has 0 spiro atoms. The second-order valence-electron chi connectivity index (χ2n) is 4.71. The first-order valence-electron chi connectivity index (χ1n) is 6.72. The van der Waals surface area contributed by atoms with E-state index in [-0.39, 0.29) is 5.90 Å². The third-order valence-corrected chi connectivity index (χ3v) is 3.30. The fraction of sp³-hybridized carbons (Fsp3) is 0.118. The Balaban J connectivity index is 1.79. The molecule has 1 aliphatic rings. The average molecular weight is 295 g/mol. The van der Waals surface area contributed by atoms with Gasteiger partial charge in [-0.05, 0) is 24.3 Å². The van der Waals surface area contributed by atoms with Gasteiger partial charge in [-0.3, -0.25) is 9.59 Å². The molecule has 0 fully saturated rings. The van der Waals surface area contributed by atoms with Gasteiger partial charge in [0, 0.05) is 11.1 Å². The molecular formula is C17H13NO4. The van der Waals surface area contributed by atoms with E-state index in [1.54, 1.807) is 61.7 Å². The highest BCUT2D eigenvalue weighted by Crippen LogP contribution is 2.19. The number of ether oxygens (including phenoxy) is 2. The van der Waals surface area contributed by atoms with Crippen molar-refractivity contribution in [3.8, 4) is 5.75 Å². The summed E-state index contributed by atoms with van der Waals surface area (Å²) in [6.07, 6.45) is -1.21. The number of hydrogen-bond acceptors (Lipinski definition) is 4. The standard InChI is InChI=1S/C17H13NO4/c1-21-13-9-7-12(8-10-13)17-18-16(20)15(22-17)14(19)11-5-3-2-4-6-11/h2-10,15H,1H3/t15-/m1/s1. The van der Waals surface area contributed by atoms with E-state index in [9.17, 15) is 9.59 Å². The highest BCUT2D eigenvalue weighted by molar-refractivity contribution is 6.20. The van der Waals surface area contributed by atoms with Gasteiger partial charge in [0.1, 0.15) is 5.75 Å². The quantitative estimate of drug-likeness (QED) is 0.641. The van der Waals surface area contributed by atoms with Gasteiger partial charge in [-0.25, -0.2) is 0 Å². The summed E-state index contributed by atoms with van der Waals surface area (Å²) in [5.74, 6) is -0.134. The molecule has 3 rings (SSSR count). The first kappa shape index (κ1) is 14.0. The van der Waals surface area contributed by atoms with Crippen LogP contribution >= 0.6 is 0 Å². The van der Waals surface area contributed by atoms with E-state index in [0.717, 1.165) is 0 Å². The van der Waals surface area contributed by atoms with Crippen LogP contribution in [0.4, 0.5) is 0 Å². The zero-order chi connectivity index (χ0) is 15.5. The van der Waals surface area contributed by atoms with Crippen LogP contribution in [0.3, 0.4) is 0 Å². The number of ketones is 1. The summed E-state index contributed by atoms with van der Waals surface area (Å²) < 4.78 is 10.5. The number of methoxy groups -OCH3 is 1. The van der Waals surface area contributed by atoms with Gasteiger partial charge in [0.05, 0.1) is 7.11 Å². The van der Waals surface area contributed by atoms with Gasteiger partial charge < -0.3 is 9.47 Å². The number of Topliss-reactive ketones (excluding diaryl/α,β-unsaturated/α-hetero) is 1. The largest absolute Gasteiger partial charge is 0.497 e. The Bertz CT molecular complexity index is 735. The molecule has 0 radical (unpaired) electrons. The number of nitrogens with zero attached hydrogens (tertiary/aromatic N) is 1. The number of carbonyl (C=O) groups excluding carboxylic acids is 2. The minimum Gasteiger partial charge on any atom is -0.497 e. The molecule has 2 aromatic rings. The van der Waals surface area contributed by atoms with Crippen molar-refractivity contribution in [3.05, 3.63) is 65.7 Å². The molecule has 1 heterocycles. The maximum absolute atomic E-state index is 12.3. The third kappa shape index (κ3) is 2.61. The van der Waals surface area contributed by atoms with E-state index in [1.807, 2.05) is 0 Å². The second kappa shape index (κ2) is 5.81. The van der Waals surface area contributed by atoms with E-state index >= 15 is 0 Å². The fourth-order valence-electron chi connectivity index (χ4n) is 2.13. The lowest BCUT2D eigenvalue weighted by Crippen LogP contribution is -2.28. The van der Waals surface area contributed by atoms with Gasteiger partial charge in [-0.15, -0.1) is 0 Å². The molecule has 0 saturated heterocycles. The van der Waals surface area contributed by atoms with Crippen LogP contribution in [0.25, 0.3) is 0 Å². The highest BCUT2D eigenvalue weighted by Gasteiger charge is 2.36. The van der Waals surface area contributed by atoms with E-state index in [1.165, 1.54) is 0 Å². The van der Waals surface area contributed by atoms with Crippen molar-refractivity contribution >= 4 is 17.6 Å². The number of hydrogen-bond donors (Lipinski definition) is 0. The molecule has 0 aromatic heterocycles. The minimum absolute atomic E-state index is 0.155. The van der Waals surface area contributed by atoms with Crippen LogP contribution in [0, 0.1) is 0 Å². The Labute approximate surface area is 127 Å². The molecule has 110 valence electrons. The molecule has 1 amide bonds. The molecule has 2 aromatic carbocycles. The monoisotopic (exact) mass is 295 g/mol. The van der Waals surface area contributed by atoms with Crippen LogP contribution in [0.1, 0.15) is 15.9 Å². The van der Waals surface area contributed by atoms with E-state index in [2.05, 4.69) is 4.99 Å². The van der Waals surface area contributed by atoms with Gasteiger partial charge in [0.15, 0.2) is 0 Å². The van der Waals surface area contributed by atoms with E-state index in [0.29, 0.717) is 16.9 Å². The molecule has 0 saturated carbocycles. The number of benzene rings is 2. The molecular weight excluding hydrogens is 282 g/mol. The van der Waals surface area contributed by atoms with E-state index < -0.39 is 17.8 Å². The number of rotatable bonds is 4. The van der Waals surface area contributed by atoms with Crippen LogP contribution in [0.5, 0.6) is 5.75 Å². The predicted molar refractivity (Wildman–Crippen MR) is 80.2 cm³/mol. The molecule has 5 heteroatoms. The molecule has 1 atom stereocenters. The van der Waals surface area contributed by atoms with Crippen molar-refractivity contribution in [2.24, 2.45) is 4.99 Å². The zero-order valence-corrected chi connectivity index (χ0v) is 11.9. The topological polar surface area (TPSA) is 65.0 Å². The van der Waals surface area contributed by atoms with Crippen molar-refractivity contribution in [1.82, 2.24) is 0 Å². The van der Waals surface area contributed by atoms with Crippen molar-refractivity contribution in [1.29, 1.82) is 0 Å². The van der Waals surface area contributed by atoms with Crippen molar-refractivity contribution in [2.75, 3.05) is 7.11 Å². The number of carbonyl (C=O) groups is 2. The van der Waals surface area contributed by atoms with Gasteiger partial charge in [-0.1, -0.05) is 30.3 Å². The fourth-order valence-corrected chi connectivity index (χ4v) is 2.13. The molecule has 0 unspecified atom stereocenters. The maximum Gasteiger partial charge on any atom is 0.298 e. The van der Waals surface area contributed by atoms with E-state index in [4.69, 9.17) is 9.47 Å². The van der Waals surface area contributed by atoms with Crippen LogP contribution < -0.4 is 4.74 Å². The lowest BCUT2D eigenvalue weighted by atomic mass is 10.1. The summed E-state index contributed by atoms with van der Waals surface area (Å²) in [7, 11) is 1.57. The SMILES string of the molecule is COc1ccc(C2=NC(=O)[C@@H](C(=O)c3ccccc3)O2)cc1. The molecule has 22 heavy (non-hydrogen) atoms. The predicted octanol–water partition coefficient (Wildman–Crippen LogP) is 2.25. The average Bonchev–Trinajstić information content (AvgIpc) is 2.97. The summed E-state index contributed by atoms with van der Waals surface area (Å²) in [6.45, 7) is 0. The normalized spacial score (nSPS) is 16.9. The van der Waals surface area contributed by atoms with Crippen molar-refractivity contribution in [3.63, 3.8) is 0 Å². The first-order chi connectivity index (χ1) is 10.7. The van der Waals surface area contributed by atoms with Gasteiger partial charge >= 0.3 is 0 Å². The Hall–Kier alpha value is -2.95. The smallest absolute Gasteiger partial charge is 0.298 e. The first-order valence-corrected chi connectivity index (χ1v) is 6.72. The van der Waals surface area contributed by atoms with Gasteiger partial charge in [0.2, 0.25) is 17.8 Å². The minimum atomic E-state index is -1.21. The van der Waals surface area contributed by atoms with Crippen molar-refractivity contribution < 1.29 is 19.1 Å². The Morgan fingerprint density at radius 2 is 1.77 bits per heavy atom. The van der Waals surface area contributed by atoms with Crippen LogP contribution in [0.15, 0.2) is 59.6 Å². The lowest BCUT2D eigenvalue weighted by molar-refractivity contribution is -0.120. The summed E-state index contributed by atoms with van der Waals surface area (Å²) in [6, 6.07) is 15.5. The summed E-state index contributed by atoms with van der Waals surface area (Å²) >= 11 is 0. The van der Waals surface area contributed by atoms with Crippen LogP contribution in [0.2, 0.25) is 0 Å². The van der Waals surface area contributed by atoms with Crippen LogP contribution in [-0.4, -0.2) is 30.8 Å². The Morgan fingerprint density at radius 3 is 2.41 bits per heavy atom. The Kier molecular flexibility index (Phi) is 3.70. The highest BCUT2D eigenvalue weighted by atomic mass is 16.5. The number of amides is 1. The third-order valence-electron chi connectivity index (χ3n) is 3.30. The lowest BCUT2D eigenvalue weighted by Gasteiger charge is -2.09. The molecule has 0 N–H and O–H groups in total.